The number of nitrogens with zero attached hydrogens (tertiary/aromatic N) is 2. The third-order valence-corrected chi connectivity index (χ3v) is 6.29. The lowest BCUT2D eigenvalue weighted by atomic mass is 9.89. The summed E-state index contributed by atoms with van der Waals surface area (Å²) >= 11 is 12.1. The van der Waals surface area contributed by atoms with Crippen molar-refractivity contribution in [3.63, 3.8) is 0 Å². The van der Waals surface area contributed by atoms with Gasteiger partial charge in [-0.2, -0.15) is 0 Å². The van der Waals surface area contributed by atoms with Gasteiger partial charge in [-0.05, 0) is 42.4 Å². The van der Waals surface area contributed by atoms with Crippen molar-refractivity contribution in [1.29, 1.82) is 0 Å². The lowest BCUT2D eigenvalue weighted by Crippen LogP contribution is -2.42. The summed E-state index contributed by atoms with van der Waals surface area (Å²) in [5, 5.41) is 0.893. The Morgan fingerprint density at radius 3 is 2.56 bits per heavy atom. The molecule has 0 spiro atoms. The highest BCUT2D eigenvalue weighted by Gasteiger charge is 2.39. The molecule has 0 saturated carbocycles. The number of hydrogen-bond donors (Lipinski definition) is 0. The first-order valence-corrected chi connectivity index (χ1v) is 9.89. The molecule has 2 saturated heterocycles. The average molecular weight is 411 g/mol. The van der Waals surface area contributed by atoms with E-state index < -0.39 is 0 Å². The molecular weight excluding hydrogens is 387 g/mol. The van der Waals surface area contributed by atoms with Gasteiger partial charge in [-0.1, -0.05) is 29.8 Å². The van der Waals surface area contributed by atoms with Crippen molar-refractivity contribution in [2.45, 2.75) is 19.3 Å². The van der Waals surface area contributed by atoms with Gasteiger partial charge in [0.25, 0.3) is 0 Å². The molecule has 0 N–H and O–H groups in total. The number of methoxy groups -OCH3 is 1. The van der Waals surface area contributed by atoms with Crippen LogP contribution in [0.3, 0.4) is 0 Å². The predicted octanol–water partition coefficient (Wildman–Crippen LogP) is 3.43. The molecule has 2 unspecified atom stereocenters. The standard InChI is InChI=1S/C20H24Cl2N2O3/c1-3-19(25)23-7-6-14-10-24(12-15(14)11-23)20(26)5-4-13-8-16(21)17(22)9-18(13)27-2/h3,8-9,14-15H,1,4-7,10-12H2,2H3. The van der Waals surface area contributed by atoms with E-state index in [2.05, 4.69) is 6.58 Å². The van der Waals surface area contributed by atoms with Crippen molar-refractivity contribution >= 4 is 35.0 Å². The topological polar surface area (TPSA) is 49.9 Å². The molecule has 3 rings (SSSR count). The maximum Gasteiger partial charge on any atom is 0.245 e. The number of hydrogen-bond acceptors (Lipinski definition) is 3. The Morgan fingerprint density at radius 1 is 1.19 bits per heavy atom. The van der Waals surface area contributed by atoms with Crippen LogP contribution < -0.4 is 4.74 Å². The van der Waals surface area contributed by atoms with Crippen molar-refractivity contribution in [1.82, 2.24) is 9.80 Å². The van der Waals surface area contributed by atoms with Crippen LogP contribution in [0, 0.1) is 11.8 Å². The zero-order chi connectivity index (χ0) is 19.6. The summed E-state index contributed by atoms with van der Waals surface area (Å²) < 4.78 is 5.35. The fourth-order valence-corrected chi connectivity index (χ4v) is 4.40. The largest absolute Gasteiger partial charge is 0.496 e. The predicted molar refractivity (Wildman–Crippen MR) is 106 cm³/mol. The minimum absolute atomic E-state index is 0.0232. The molecule has 0 bridgehead atoms. The highest BCUT2D eigenvalue weighted by Crippen LogP contribution is 2.33. The van der Waals surface area contributed by atoms with Crippen LogP contribution in [-0.2, 0) is 16.0 Å². The third-order valence-electron chi connectivity index (χ3n) is 5.57. The number of fused-ring (bicyclic) bond motifs is 1. The van der Waals surface area contributed by atoms with E-state index in [9.17, 15) is 9.59 Å². The molecule has 2 aliphatic rings. The van der Waals surface area contributed by atoms with Crippen LogP contribution in [0.1, 0.15) is 18.4 Å². The normalized spacial score (nSPS) is 21.7. The molecule has 2 atom stereocenters. The second-order valence-electron chi connectivity index (χ2n) is 7.17. The number of halogens is 2. The van der Waals surface area contributed by atoms with E-state index >= 15 is 0 Å². The summed E-state index contributed by atoms with van der Waals surface area (Å²) in [6.45, 7) is 6.50. The van der Waals surface area contributed by atoms with E-state index in [1.807, 2.05) is 9.80 Å². The molecule has 0 aromatic heterocycles. The molecule has 27 heavy (non-hydrogen) atoms. The molecule has 2 amide bonds. The maximum atomic E-state index is 12.7. The Balaban J connectivity index is 1.58. The summed E-state index contributed by atoms with van der Waals surface area (Å²) in [4.78, 5) is 28.3. The third kappa shape index (κ3) is 4.41. The van der Waals surface area contributed by atoms with Gasteiger partial charge in [0.05, 0.1) is 17.2 Å². The number of rotatable bonds is 5. The van der Waals surface area contributed by atoms with Crippen LogP contribution in [0.15, 0.2) is 24.8 Å². The second-order valence-corrected chi connectivity index (χ2v) is 7.99. The Morgan fingerprint density at radius 2 is 1.85 bits per heavy atom. The van der Waals surface area contributed by atoms with Crippen LogP contribution >= 0.6 is 23.2 Å². The molecule has 146 valence electrons. The summed E-state index contributed by atoms with van der Waals surface area (Å²) in [5.41, 5.74) is 0.875. The number of benzene rings is 1. The first-order valence-electron chi connectivity index (χ1n) is 9.14. The number of carbonyl (C=O) groups is 2. The number of amides is 2. The molecule has 5 nitrogen and oxygen atoms in total. The molecule has 2 fully saturated rings. The van der Waals surface area contributed by atoms with Crippen LogP contribution in [0.4, 0.5) is 0 Å². The average Bonchev–Trinajstić information content (AvgIpc) is 3.11. The minimum Gasteiger partial charge on any atom is -0.496 e. The van der Waals surface area contributed by atoms with E-state index in [1.54, 1.807) is 19.2 Å². The van der Waals surface area contributed by atoms with Gasteiger partial charge in [0, 0.05) is 38.7 Å². The number of carbonyl (C=O) groups excluding carboxylic acids is 2. The molecule has 1 aromatic rings. The fraction of sp³-hybridized carbons (Fsp3) is 0.500. The molecule has 1 aromatic carbocycles. The monoisotopic (exact) mass is 410 g/mol. The van der Waals surface area contributed by atoms with Crippen molar-refractivity contribution in [2.75, 3.05) is 33.3 Å². The first kappa shape index (κ1) is 20.0. The quantitative estimate of drug-likeness (QED) is 0.698. The number of ether oxygens (including phenoxy) is 1. The van der Waals surface area contributed by atoms with Gasteiger partial charge in [0.2, 0.25) is 11.8 Å². The Bertz CT molecular complexity index is 753. The zero-order valence-corrected chi connectivity index (χ0v) is 16.9. The van der Waals surface area contributed by atoms with Crippen molar-refractivity contribution in [2.24, 2.45) is 11.8 Å². The van der Waals surface area contributed by atoms with Gasteiger partial charge in [0.1, 0.15) is 5.75 Å². The lowest BCUT2D eigenvalue weighted by molar-refractivity contribution is -0.130. The van der Waals surface area contributed by atoms with Crippen molar-refractivity contribution in [3.8, 4) is 5.75 Å². The maximum absolute atomic E-state index is 12.7. The first-order chi connectivity index (χ1) is 12.9. The van der Waals surface area contributed by atoms with E-state index in [0.29, 0.717) is 53.6 Å². The summed E-state index contributed by atoms with van der Waals surface area (Å²) in [6.07, 6.45) is 3.24. The molecule has 0 aliphatic carbocycles. The van der Waals surface area contributed by atoms with Gasteiger partial charge in [0.15, 0.2) is 0 Å². The molecule has 0 radical (unpaired) electrons. The highest BCUT2D eigenvalue weighted by atomic mass is 35.5. The van der Waals surface area contributed by atoms with Crippen LogP contribution in [0.25, 0.3) is 0 Å². The van der Waals surface area contributed by atoms with Gasteiger partial charge in [-0.3, -0.25) is 9.59 Å². The molecule has 2 heterocycles. The van der Waals surface area contributed by atoms with Crippen LogP contribution in [0.5, 0.6) is 5.75 Å². The van der Waals surface area contributed by atoms with E-state index in [-0.39, 0.29) is 11.8 Å². The Labute approximate surface area is 169 Å². The Hall–Kier alpha value is -1.72. The lowest BCUT2D eigenvalue weighted by Gasteiger charge is -2.33. The minimum atomic E-state index is -0.0232. The van der Waals surface area contributed by atoms with E-state index in [0.717, 1.165) is 25.1 Å². The molecule has 2 aliphatic heterocycles. The van der Waals surface area contributed by atoms with E-state index in [4.69, 9.17) is 27.9 Å². The van der Waals surface area contributed by atoms with E-state index in [1.165, 1.54) is 6.08 Å². The summed E-state index contributed by atoms with van der Waals surface area (Å²) in [5.74, 6) is 1.57. The van der Waals surface area contributed by atoms with Crippen molar-refractivity contribution in [3.05, 3.63) is 40.4 Å². The highest BCUT2D eigenvalue weighted by molar-refractivity contribution is 6.42. The van der Waals surface area contributed by atoms with Crippen LogP contribution in [0.2, 0.25) is 10.0 Å². The SMILES string of the molecule is C=CC(=O)N1CCC2CN(C(=O)CCc3cc(Cl)c(Cl)cc3OC)CC2C1. The molecule has 7 heteroatoms. The van der Waals surface area contributed by atoms with Gasteiger partial charge < -0.3 is 14.5 Å². The van der Waals surface area contributed by atoms with Gasteiger partial charge >= 0.3 is 0 Å². The number of piperidine rings is 1. The Kier molecular flexibility index (Phi) is 6.33. The smallest absolute Gasteiger partial charge is 0.245 e. The van der Waals surface area contributed by atoms with Crippen molar-refractivity contribution < 1.29 is 14.3 Å². The molecular formula is C20H24Cl2N2O3. The van der Waals surface area contributed by atoms with Gasteiger partial charge in [-0.15, -0.1) is 0 Å². The number of likely N-dealkylation sites (tertiary alicyclic amines) is 2. The zero-order valence-electron chi connectivity index (χ0n) is 15.4. The number of aryl methyl sites for hydroxylation is 1. The fourth-order valence-electron chi connectivity index (χ4n) is 4.06. The summed E-state index contributed by atoms with van der Waals surface area (Å²) in [6, 6.07) is 3.44. The van der Waals surface area contributed by atoms with Crippen LogP contribution in [-0.4, -0.2) is 54.9 Å². The summed E-state index contributed by atoms with van der Waals surface area (Å²) in [7, 11) is 1.58. The second kappa shape index (κ2) is 8.53. The van der Waals surface area contributed by atoms with Gasteiger partial charge in [-0.25, -0.2) is 0 Å².